The van der Waals surface area contributed by atoms with Crippen LogP contribution in [-0.2, 0) is 0 Å². The molecule has 0 aliphatic heterocycles. The predicted molar refractivity (Wildman–Crippen MR) is 86.6 cm³/mol. The number of carbonyl (C=O) groups is 1. The monoisotopic (exact) mass is 316 g/mol. The average Bonchev–Trinajstić information content (AvgIpc) is 2.39. The van der Waals surface area contributed by atoms with Crippen molar-refractivity contribution in [3.05, 3.63) is 28.8 Å². The topological polar surface area (TPSA) is 46.3 Å². The van der Waals surface area contributed by atoms with Gasteiger partial charge in [-0.2, -0.15) is 0 Å². The molecule has 1 aromatic rings. The summed E-state index contributed by atoms with van der Waals surface area (Å²) in [6.07, 6.45) is 6.36. The molecule has 1 amide bonds. The number of hydrogen-bond acceptors (Lipinski definition) is 2. The SMILES string of the molecule is CN(CC1CCCCC1)C(=O)c1ccc(N)cc1Cl.Cl. The maximum Gasteiger partial charge on any atom is 0.255 e. The Morgan fingerprint density at radius 3 is 2.60 bits per heavy atom. The van der Waals surface area contributed by atoms with Crippen molar-refractivity contribution in [2.45, 2.75) is 32.1 Å². The third-order valence-electron chi connectivity index (χ3n) is 3.83. The van der Waals surface area contributed by atoms with E-state index in [1.54, 1.807) is 23.1 Å². The van der Waals surface area contributed by atoms with Gasteiger partial charge in [0.05, 0.1) is 10.6 Å². The van der Waals surface area contributed by atoms with Gasteiger partial charge in [0.2, 0.25) is 0 Å². The van der Waals surface area contributed by atoms with Crippen LogP contribution >= 0.6 is 24.0 Å². The van der Waals surface area contributed by atoms with E-state index >= 15 is 0 Å². The van der Waals surface area contributed by atoms with Crippen LogP contribution in [0.25, 0.3) is 0 Å². The molecular weight excluding hydrogens is 295 g/mol. The minimum atomic E-state index is -0.0180. The van der Waals surface area contributed by atoms with E-state index in [2.05, 4.69) is 0 Å². The third-order valence-corrected chi connectivity index (χ3v) is 4.14. The van der Waals surface area contributed by atoms with Crippen molar-refractivity contribution >= 4 is 35.6 Å². The zero-order valence-electron chi connectivity index (χ0n) is 11.8. The highest BCUT2D eigenvalue weighted by atomic mass is 35.5. The van der Waals surface area contributed by atoms with Crippen LogP contribution in [0.15, 0.2) is 18.2 Å². The van der Waals surface area contributed by atoms with E-state index in [9.17, 15) is 4.79 Å². The number of nitrogens with two attached hydrogens (primary N) is 1. The first kappa shape index (κ1) is 17.1. The lowest BCUT2D eigenvalue weighted by atomic mass is 9.89. The fraction of sp³-hybridized carbons (Fsp3) is 0.533. The lowest BCUT2D eigenvalue weighted by molar-refractivity contribution is 0.0761. The molecule has 0 spiro atoms. The summed E-state index contributed by atoms with van der Waals surface area (Å²) in [5, 5.41) is 0.431. The van der Waals surface area contributed by atoms with E-state index in [-0.39, 0.29) is 18.3 Å². The van der Waals surface area contributed by atoms with Crippen LogP contribution in [0.2, 0.25) is 5.02 Å². The quantitative estimate of drug-likeness (QED) is 0.857. The number of hydrogen-bond donors (Lipinski definition) is 1. The summed E-state index contributed by atoms with van der Waals surface area (Å²) in [5.41, 5.74) is 6.76. The third kappa shape index (κ3) is 4.29. The van der Waals surface area contributed by atoms with Crippen LogP contribution in [0.4, 0.5) is 5.69 Å². The first-order valence-corrected chi connectivity index (χ1v) is 7.26. The molecule has 2 N–H and O–H groups in total. The second kappa shape index (κ2) is 7.75. The van der Waals surface area contributed by atoms with Gasteiger partial charge >= 0.3 is 0 Å². The smallest absolute Gasteiger partial charge is 0.255 e. The Hall–Kier alpha value is -0.930. The van der Waals surface area contributed by atoms with E-state index in [0.717, 1.165) is 6.54 Å². The highest BCUT2D eigenvalue weighted by Crippen LogP contribution is 2.25. The van der Waals surface area contributed by atoms with Crippen LogP contribution in [0.3, 0.4) is 0 Å². The number of rotatable bonds is 3. The van der Waals surface area contributed by atoms with Crippen molar-refractivity contribution in [1.82, 2.24) is 4.90 Å². The molecule has 0 atom stereocenters. The Balaban J connectivity index is 0.00000200. The van der Waals surface area contributed by atoms with Gasteiger partial charge in [-0.3, -0.25) is 4.79 Å². The number of carbonyl (C=O) groups excluding carboxylic acids is 1. The molecule has 2 rings (SSSR count). The van der Waals surface area contributed by atoms with Crippen LogP contribution in [0, 0.1) is 5.92 Å². The molecule has 112 valence electrons. The molecule has 0 bridgehead atoms. The van der Waals surface area contributed by atoms with Crippen LogP contribution in [0.5, 0.6) is 0 Å². The summed E-state index contributed by atoms with van der Waals surface area (Å²) >= 11 is 6.08. The van der Waals surface area contributed by atoms with E-state index in [0.29, 0.717) is 22.2 Å². The molecule has 0 unspecified atom stereocenters. The summed E-state index contributed by atoms with van der Waals surface area (Å²) in [5.74, 6) is 0.617. The highest BCUT2D eigenvalue weighted by molar-refractivity contribution is 6.34. The van der Waals surface area contributed by atoms with Gasteiger partial charge in [0.15, 0.2) is 0 Å². The molecule has 1 aromatic carbocycles. The Morgan fingerprint density at radius 2 is 2.00 bits per heavy atom. The molecule has 0 radical (unpaired) electrons. The molecule has 1 aliphatic rings. The van der Waals surface area contributed by atoms with Gasteiger partial charge in [0.25, 0.3) is 5.91 Å². The molecule has 5 heteroatoms. The van der Waals surface area contributed by atoms with Crippen molar-refractivity contribution in [2.75, 3.05) is 19.3 Å². The summed E-state index contributed by atoms with van der Waals surface area (Å²) in [6.45, 7) is 0.819. The Bertz CT molecular complexity index is 459. The molecular formula is C15H22Cl2N2O. The van der Waals surface area contributed by atoms with Gasteiger partial charge in [0, 0.05) is 19.3 Å². The van der Waals surface area contributed by atoms with Gasteiger partial charge in [0.1, 0.15) is 0 Å². The molecule has 1 saturated carbocycles. The Morgan fingerprint density at radius 1 is 1.35 bits per heavy atom. The van der Waals surface area contributed by atoms with E-state index in [1.165, 1.54) is 32.1 Å². The van der Waals surface area contributed by atoms with Crippen molar-refractivity contribution in [3.8, 4) is 0 Å². The molecule has 0 aromatic heterocycles. The minimum absolute atomic E-state index is 0. The highest BCUT2D eigenvalue weighted by Gasteiger charge is 2.20. The van der Waals surface area contributed by atoms with Crippen LogP contribution < -0.4 is 5.73 Å². The summed E-state index contributed by atoms with van der Waals surface area (Å²) in [7, 11) is 1.85. The van der Waals surface area contributed by atoms with Crippen molar-refractivity contribution in [1.29, 1.82) is 0 Å². The molecule has 1 aliphatic carbocycles. The van der Waals surface area contributed by atoms with E-state index < -0.39 is 0 Å². The second-order valence-corrected chi connectivity index (χ2v) is 5.84. The van der Waals surface area contributed by atoms with Crippen molar-refractivity contribution in [2.24, 2.45) is 5.92 Å². The Labute approximate surface area is 131 Å². The van der Waals surface area contributed by atoms with E-state index in [1.807, 2.05) is 7.05 Å². The number of halogens is 2. The fourth-order valence-corrected chi connectivity index (χ4v) is 3.02. The van der Waals surface area contributed by atoms with Gasteiger partial charge in [-0.15, -0.1) is 12.4 Å². The van der Waals surface area contributed by atoms with Crippen LogP contribution in [0.1, 0.15) is 42.5 Å². The molecule has 0 heterocycles. The molecule has 0 saturated heterocycles. The van der Waals surface area contributed by atoms with Crippen molar-refractivity contribution < 1.29 is 4.79 Å². The standard InChI is InChI=1S/C15H21ClN2O.ClH/c1-18(10-11-5-3-2-4-6-11)15(19)13-8-7-12(17)9-14(13)16;/h7-9,11H,2-6,10,17H2,1H3;1H. The summed E-state index contributed by atoms with van der Waals surface area (Å²) < 4.78 is 0. The zero-order valence-corrected chi connectivity index (χ0v) is 13.3. The second-order valence-electron chi connectivity index (χ2n) is 5.43. The van der Waals surface area contributed by atoms with Gasteiger partial charge < -0.3 is 10.6 Å². The lowest BCUT2D eigenvalue weighted by Crippen LogP contribution is -2.32. The molecule has 20 heavy (non-hydrogen) atoms. The van der Waals surface area contributed by atoms with Gasteiger partial charge in [-0.25, -0.2) is 0 Å². The first-order chi connectivity index (χ1) is 9.08. The van der Waals surface area contributed by atoms with Gasteiger partial charge in [-0.1, -0.05) is 30.9 Å². The number of benzene rings is 1. The molecule has 3 nitrogen and oxygen atoms in total. The van der Waals surface area contributed by atoms with Gasteiger partial charge in [-0.05, 0) is 37.0 Å². The van der Waals surface area contributed by atoms with Crippen molar-refractivity contribution in [3.63, 3.8) is 0 Å². The minimum Gasteiger partial charge on any atom is -0.399 e. The Kier molecular flexibility index (Phi) is 6.63. The summed E-state index contributed by atoms with van der Waals surface area (Å²) in [4.78, 5) is 14.1. The number of amides is 1. The summed E-state index contributed by atoms with van der Waals surface area (Å²) in [6, 6.07) is 5.05. The fourth-order valence-electron chi connectivity index (χ4n) is 2.75. The molecule has 1 fully saturated rings. The maximum absolute atomic E-state index is 12.4. The number of anilines is 1. The number of nitrogens with zero attached hydrogens (tertiary/aromatic N) is 1. The normalized spacial score (nSPS) is 15.5. The predicted octanol–water partition coefficient (Wildman–Crippen LogP) is 4.00. The average molecular weight is 317 g/mol. The number of nitrogen functional groups attached to an aromatic ring is 1. The largest absolute Gasteiger partial charge is 0.399 e. The lowest BCUT2D eigenvalue weighted by Gasteiger charge is -2.27. The van der Waals surface area contributed by atoms with E-state index in [4.69, 9.17) is 17.3 Å². The maximum atomic E-state index is 12.4. The zero-order chi connectivity index (χ0) is 13.8. The van der Waals surface area contributed by atoms with Crippen LogP contribution in [-0.4, -0.2) is 24.4 Å². The first-order valence-electron chi connectivity index (χ1n) is 6.88.